The number of hydrogen-bond acceptors (Lipinski definition) is 3. The van der Waals surface area contributed by atoms with Gasteiger partial charge in [-0.25, -0.2) is 0 Å². The molecular weight excluding hydrogens is 337 g/mol. The molecule has 0 atom stereocenters. The molecule has 0 saturated heterocycles. The molecule has 0 unspecified atom stereocenters. The van der Waals surface area contributed by atoms with Crippen LogP contribution in [-0.2, 0) is 17.5 Å². The van der Waals surface area contributed by atoms with Crippen LogP contribution in [0, 0.1) is 0 Å². The van der Waals surface area contributed by atoms with E-state index in [9.17, 15) is 18.0 Å². The third kappa shape index (κ3) is 5.49. The Morgan fingerprint density at radius 2 is 1.83 bits per heavy atom. The van der Waals surface area contributed by atoms with Crippen LogP contribution in [0.15, 0.2) is 53.4 Å². The van der Waals surface area contributed by atoms with E-state index in [-0.39, 0.29) is 18.1 Å². The van der Waals surface area contributed by atoms with Crippen LogP contribution < -0.4 is 10.6 Å². The standard InChI is InChI=1S/C17H17F3N2OS/c1-24-15-7-5-12(6-8-15)10-22-16(23)11-21-14-4-2-3-13(9-14)17(18,19)20/h2-9,21H,10-11H2,1H3,(H,22,23). The topological polar surface area (TPSA) is 41.1 Å². The Kier molecular flexibility index (Phi) is 6.14. The molecule has 7 heteroatoms. The first kappa shape index (κ1) is 18.2. The summed E-state index contributed by atoms with van der Waals surface area (Å²) in [4.78, 5) is 12.9. The Hall–Kier alpha value is -2.15. The molecule has 3 nitrogen and oxygen atoms in total. The van der Waals surface area contributed by atoms with Gasteiger partial charge < -0.3 is 10.6 Å². The zero-order valence-electron chi connectivity index (χ0n) is 13.0. The van der Waals surface area contributed by atoms with Crippen molar-refractivity contribution in [1.29, 1.82) is 0 Å². The number of rotatable bonds is 6. The number of thioether (sulfide) groups is 1. The van der Waals surface area contributed by atoms with E-state index in [1.54, 1.807) is 11.8 Å². The lowest BCUT2D eigenvalue weighted by molar-refractivity contribution is -0.137. The van der Waals surface area contributed by atoms with Gasteiger partial charge in [-0.05, 0) is 42.2 Å². The molecule has 0 saturated carbocycles. The molecule has 0 fully saturated rings. The highest BCUT2D eigenvalue weighted by Crippen LogP contribution is 2.30. The second kappa shape index (κ2) is 8.10. The molecule has 0 spiro atoms. The van der Waals surface area contributed by atoms with Gasteiger partial charge in [-0.3, -0.25) is 4.79 Å². The second-order valence-electron chi connectivity index (χ2n) is 5.06. The minimum atomic E-state index is -4.40. The first-order chi connectivity index (χ1) is 11.4. The minimum Gasteiger partial charge on any atom is -0.376 e. The number of carbonyl (C=O) groups is 1. The average Bonchev–Trinajstić information content (AvgIpc) is 2.58. The molecule has 0 radical (unpaired) electrons. The number of alkyl halides is 3. The SMILES string of the molecule is CSc1ccc(CNC(=O)CNc2cccc(C(F)(F)F)c2)cc1. The maximum atomic E-state index is 12.6. The molecule has 0 aliphatic carbocycles. The van der Waals surface area contributed by atoms with E-state index < -0.39 is 11.7 Å². The highest BCUT2D eigenvalue weighted by molar-refractivity contribution is 7.98. The van der Waals surface area contributed by atoms with Gasteiger partial charge in [-0.2, -0.15) is 13.2 Å². The van der Waals surface area contributed by atoms with Crippen molar-refractivity contribution in [2.45, 2.75) is 17.6 Å². The van der Waals surface area contributed by atoms with Crippen LogP contribution in [0.1, 0.15) is 11.1 Å². The van der Waals surface area contributed by atoms with E-state index in [1.165, 1.54) is 12.1 Å². The van der Waals surface area contributed by atoms with Crippen LogP contribution in [0.5, 0.6) is 0 Å². The zero-order valence-corrected chi connectivity index (χ0v) is 13.8. The number of nitrogens with one attached hydrogen (secondary N) is 2. The van der Waals surface area contributed by atoms with Gasteiger partial charge in [0.1, 0.15) is 0 Å². The summed E-state index contributed by atoms with van der Waals surface area (Å²) in [6.07, 6.45) is -2.42. The number of halogens is 3. The molecule has 128 valence electrons. The van der Waals surface area contributed by atoms with E-state index in [4.69, 9.17) is 0 Å². The minimum absolute atomic E-state index is 0.0930. The first-order valence-corrected chi connectivity index (χ1v) is 8.42. The molecular formula is C17H17F3N2OS. The highest BCUT2D eigenvalue weighted by Gasteiger charge is 2.30. The van der Waals surface area contributed by atoms with Crippen molar-refractivity contribution in [2.24, 2.45) is 0 Å². The van der Waals surface area contributed by atoms with Crippen molar-refractivity contribution < 1.29 is 18.0 Å². The lowest BCUT2D eigenvalue weighted by Gasteiger charge is -2.11. The monoisotopic (exact) mass is 354 g/mol. The third-order valence-electron chi connectivity index (χ3n) is 3.29. The third-order valence-corrected chi connectivity index (χ3v) is 4.04. The summed E-state index contributed by atoms with van der Waals surface area (Å²) < 4.78 is 37.9. The van der Waals surface area contributed by atoms with Gasteiger partial charge in [-0.15, -0.1) is 11.8 Å². The van der Waals surface area contributed by atoms with Crippen molar-refractivity contribution in [1.82, 2.24) is 5.32 Å². The van der Waals surface area contributed by atoms with Crippen LogP contribution in [0.2, 0.25) is 0 Å². The number of carbonyl (C=O) groups excluding carboxylic acids is 1. The Balaban J connectivity index is 1.82. The normalized spacial score (nSPS) is 11.2. The number of anilines is 1. The molecule has 0 aliphatic heterocycles. The summed E-state index contributed by atoms with van der Waals surface area (Å²) in [6.45, 7) is 0.280. The smallest absolute Gasteiger partial charge is 0.376 e. The fourth-order valence-electron chi connectivity index (χ4n) is 1.99. The first-order valence-electron chi connectivity index (χ1n) is 7.19. The fraction of sp³-hybridized carbons (Fsp3) is 0.235. The lowest BCUT2D eigenvalue weighted by Crippen LogP contribution is -2.29. The molecule has 2 aromatic rings. The summed E-state index contributed by atoms with van der Waals surface area (Å²) in [7, 11) is 0. The maximum absolute atomic E-state index is 12.6. The van der Waals surface area contributed by atoms with Crippen molar-refractivity contribution in [3.8, 4) is 0 Å². The molecule has 0 bridgehead atoms. The summed E-state index contributed by atoms with van der Waals surface area (Å²) in [5.41, 5.74) is 0.464. The van der Waals surface area contributed by atoms with Crippen LogP contribution in [-0.4, -0.2) is 18.7 Å². The van der Waals surface area contributed by atoms with E-state index in [0.29, 0.717) is 6.54 Å². The maximum Gasteiger partial charge on any atom is 0.416 e. The molecule has 2 N–H and O–H groups in total. The summed E-state index contributed by atoms with van der Waals surface area (Å²) >= 11 is 1.63. The summed E-state index contributed by atoms with van der Waals surface area (Å²) in [5.74, 6) is -0.290. The van der Waals surface area contributed by atoms with E-state index >= 15 is 0 Å². The van der Waals surface area contributed by atoms with Crippen LogP contribution in [0.3, 0.4) is 0 Å². The quantitative estimate of drug-likeness (QED) is 0.766. The van der Waals surface area contributed by atoms with Gasteiger partial charge in [0.2, 0.25) is 5.91 Å². The van der Waals surface area contributed by atoms with Gasteiger partial charge in [0.05, 0.1) is 12.1 Å². The van der Waals surface area contributed by atoms with E-state index in [2.05, 4.69) is 10.6 Å². The van der Waals surface area contributed by atoms with Gasteiger partial charge in [-0.1, -0.05) is 18.2 Å². The van der Waals surface area contributed by atoms with E-state index in [1.807, 2.05) is 30.5 Å². The highest BCUT2D eigenvalue weighted by atomic mass is 32.2. The largest absolute Gasteiger partial charge is 0.416 e. The molecule has 0 aromatic heterocycles. The molecule has 24 heavy (non-hydrogen) atoms. The molecule has 1 amide bonds. The summed E-state index contributed by atoms with van der Waals surface area (Å²) in [5, 5.41) is 5.42. The molecule has 2 rings (SSSR count). The van der Waals surface area contributed by atoms with Gasteiger partial charge in [0.25, 0.3) is 0 Å². The summed E-state index contributed by atoms with van der Waals surface area (Å²) in [6, 6.07) is 12.5. The van der Waals surface area contributed by atoms with Gasteiger partial charge in [0, 0.05) is 17.1 Å². The van der Waals surface area contributed by atoms with Crippen molar-refractivity contribution in [3.63, 3.8) is 0 Å². The Labute approximate surface area is 142 Å². The predicted octanol–water partition coefficient (Wildman–Crippen LogP) is 4.16. The predicted molar refractivity (Wildman–Crippen MR) is 90.0 cm³/mol. The van der Waals surface area contributed by atoms with E-state index in [0.717, 1.165) is 22.6 Å². The Morgan fingerprint density at radius 3 is 2.46 bits per heavy atom. The number of hydrogen-bond donors (Lipinski definition) is 2. The average molecular weight is 354 g/mol. The van der Waals surface area contributed by atoms with Crippen molar-refractivity contribution in [3.05, 3.63) is 59.7 Å². The van der Waals surface area contributed by atoms with Crippen molar-refractivity contribution >= 4 is 23.4 Å². The molecule has 2 aromatic carbocycles. The number of benzene rings is 2. The Bertz CT molecular complexity index is 687. The lowest BCUT2D eigenvalue weighted by atomic mass is 10.2. The molecule has 0 heterocycles. The number of amides is 1. The molecule has 0 aliphatic rings. The zero-order chi connectivity index (χ0) is 17.6. The Morgan fingerprint density at radius 1 is 1.12 bits per heavy atom. The fourth-order valence-corrected chi connectivity index (χ4v) is 2.40. The van der Waals surface area contributed by atoms with Crippen LogP contribution in [0.4, 0.5) is 18.9 Å². The van der Waals surface area contributed by atoms with Crippen molar-refractivity contribution in [2.75, 3.05) is 18.1 Å². The van der Waals surface area contributed by atoms with Crippen LogP contribution >= 0.6 is 11.8 Å². The van der Waals surface area contributed by atoms with Gasteiger partial charge >= 0.3 is 6.18 Å². The van der Waals surface area contributed by atoms with Crippen LogP contribution in [0.25, 0.3) is 0 Å². The van der Waals surface area contributed by atoms with Gasteiger partial charge in [0.15, 0.2) is 0 Å². The second-order valence-corrected chi connectivity index (χ2v) is 5.94.